The van der Waals surface area contributed by atoms with E-state index in [0.717, 1.165) is 32.5 Å². The van der Waals surface area contributed by atoms with Gasteiger partial charge in [0, 0.05) is 13.0 Å². The zero-order valence-electron chi connectivity index (χ0n) is 13.2. The molecular weight excluding hydrogens is 272 g/mol. The van der Waals surface area contributed by atoms with Gasteiger partial charge in [-0.2, -0.15) is 0 Å². The van der Waals surface area contributed by atoms with Crippen LogP contribution in [0.25, 0.3) is 0 Å². The summed E-state index contributed by atoms with van der Waals surface area (Å²) in [5, 5.41) is 3.17. The van der Waals surface area contributed by atoms with Crippen LogP contribution in [0.1, 0.15) is 43.7 Å². The summed E-state index contributed by atoms with van der Waals surface area (Å²) >= 11 is 0. The van der Waals surface area contributed by atoms with E-state index in [9.17, 15) is 4.79 Å². The van der Waals surface area contributed by atoms with Crippen molar-refractivity contribution >= 4 is 5.91 Å². The van der Waals surface area contributed by atoms with Crippen molar-refractivity contribution in [3.8, 4) is 0 Å². The molecule has 1 N–H and O–H groups in total. The first kappa shape index (κ1) is 15.3. The molecule has 2 atom stereocenters. The van der Waals surface area contributed by atoms with E-state index in [0.29, 0.717) is 18.4 Å². The average Bonchev–Trinajstić information content (AvgIpc) is 3.22. The molecule has 3 rings (SSSR count). The lowest BCUT2D eigenvalue weighted by atomic mass is 10.0. The third-order valence-corrected chi connectivity index (χ3v) is 4.82. The third-order valence-electron chi connectivity index (χ3n) is 4.82. The Kier molecular flexibility index (Phi) is 5.28. The molecule has 3 nitrogen and oxygen atoms in total. The number of amides is 1. The quantitative estimate of drug-likeness (QED) is 0.817. The summed E-state index contributed by atoms with van der Waals surface area (Å²) in [7, 11) is 0. The smallest absolute Gasteiger partial charge is 0.220 e. The number of rotatable bonds is 6. The second-order valence-corrected chi connectivity index (χ2v) is 6.44. The van der Waals surface area contributed by atoms with Crippen LogP contribution >= 0.6 is 0 Å². The van der Waals surface area contributed by atoms with E-state index in [1.54, 1.807) is 0 Å². The largest absolute Gasteiger partial charge is 0.354 e. The van der Waals surface area contributed by atoms with Crippen LogP contribution in [0.2, 0.25) is 0 Å². The van der Waals surface area contributed by atoms with E-state index in [2.05, 4.69) is 52.7 Å². The Bertz CT molecular complexity index is 505. The van der Waals surface area contributed by atoms with Crippen LogP contribution in [0.4, 0.5) is 0 Å². The van der Waals surface area contributed by atoms with Crippen molar-refractivity contribution in [3.63, 3.8) is 0 Å². The van der Waals surface area contributed by atoms with Crippen LogP contribution in [0, 0.1) is 5.92 Å². The standard InChI is InChI=1S/C19H26N2O/c22-19(14-16-8-4-5-9-16)20-15-18(21-12-6-7-13-21)17-10-2-1-3-11-17/h1-4,8,10-11,16,18H,5-7,9,12-15H2,(H,20,22). The van der Waals surface area contributed by atoms with Crippen molar-refractivity contribution in [1.29, 1.82) is 0 Å². The van der Waals surface area contributed by atoms with Crippen LogP contribution < -0.4 is 5.32 Å². The van der Waals surface area contributed by atoms with Crippen molar-refractivity contribution in [3.05, 3.63) is 48.0 Å². The van der Waals surface area contributed by atoms with Crippen LogP contribution in [0.3, 0.4) is 0 Å². The molecule has 1 saturated heterocycles. The van der Waals surface area contributed by atoms with Gasteiger partial charge in [0.1, 0.15) is 0 Å². The average molecular weight is 298 g/mol. The monoisotopic (exact) mass is 298 g/mol. The predicted octanol–water partition coefficient (Wildman–Crippen LogP) is 3.30. The van der Waals surface area contributed by atoms with Gasteiger partial charge in [-0.05, 0) is 50.3 Å². The SMILES string of the molecule is O=C(CC1C=CCC1)NCC(c1ccccc1)N1CCCC1. The lowest BCUT2D eigenvalue weighted by Crippen LogP contribution is -2.37. The minimum absolute atomic E-state index is 0.191. The molecule has 1 aromatic rings. The number of nitrogens with zero attached hydrogens (tertiary/aromatic N) is 1. The summed E-state index contributed by atoms with van der Waals surface area (Å²) < 4.78 is 0. The molecule has 1 amide bonds. The molecular formula is C19H26N2O. The van der Waals surface area contributed by atoms with Gasteiger partial charge in [0.05, 0.1) is 6.04 Å². The highest BCUT2D eigenvalue weighted by Gasteiger charge is 2.24. The van der Waals surface area contributed by atoms with Gasteiger partial charge < -0.3 is 5.32 Å². The summed E-state index contributed by atoms with van der Waals surface area (Å²) in [4.78, 5) is 14.7. The van der Waals surface area contributed by atoms with E-state index in [4.69, 9.17) is 0 Å². The fraction of sp³-hybridized carbons (Fsp3) is 0.526. The minimum Gasteiger partial charge on any atom is -0.354 e. The van der Waals surface area contributed by atoms with Gasteiger partial charge in [-0.15, -0.1) is 0 Å². The van der Waals surface area contributed by atoms with Crippen LogP contribution in [-0.2, 0) is 4.79 Å². The zero-order chi connectivity index (χ0) is 15.2. The second-order valence-electron chi connectivity index (χ2n) is 6.44. The van der Waals surface area contributed by atoms with E-state index in [-0.39, 0.29) is 5.91 Å². The number of hydrogen-bond donors (Lipinski definition) is 1. The molecule has 0 spiro atoms. The van der Waals surface area contributed by atoms with Crippen molar-refractivity contribution in [2.75, 3.05) is 19.6 Å². The fourth-order valence-corrected chi connectivity index (χ4v) is 3.57. The van der Waals surface area contributed by atoms with E-state index >= 15 is 0 Å². The van der Waals surface area contributed by atoms with Crippen molar-refractivity contribution in [2.24, 2.45) is 5.92 Å². The van der Waals surface area contributed by atoms with Crippen LogP contribution in [0.5, 0.6) is 0 Å². The Balaban J connectivity index is 1.57. The lowest BCUT2D eigenvalue weighted by Gasteiger charge is -2.28. The van der Waals surface area contributed by atoms with Gasteiger partial charge in [-0.1, -0.05) is 42.5 Å². The topological polar surface area (TPSA) is 32.3 Å². The minimum atomic E-state index is 0.191. The molecule has 22 heavy (non-hydrogen) atoms. The highest BCUT2D eigenvalue weighted by atomic mass is 16.1. The van der Waals surface area contributed by atoms with Gasteiger partial charge in [0.25, 0.3) is 0 Å². The highest BCUT2D eigenvalue weighted by Crippen LogP contribution is 2.25. The molecule has 1 aliphatic carbocycles. The molecule has 2 aliphatic rings. The highest BCUT2D eigenvalue weighted by molar-refractivity contribution is 5.76. The van der Waals surface area contributed by atoms with Gasteiger partial charge in [-0.3, -0.25) is 9.69 Å². The molecule has 1 heterocycles. The van der Waals surface area contributed by atoms with E-state index in [1.165, 1.54) is 18.4 Å². The summed E-state index contributed by atoms with van der Waals surface area (Å²) in [6.45, 7) is 3.00. The Morgan fingerprint density at radius 2 is 2.00 bits per heavy atom. The molecule has 1 fully saturated rings. The molecule has 0 saturated carbocycles. The Labute approximate surface area is 133 Å². The van der Waals surface area contributed by atoms with E-state index < -0.39 is 0 Å². The number of nitrogens with one attached hydrogen (secondary N) is 1. The molecule has 118 valence electrons. The molecule has 2 unspecified atom stereocenters. The number of carbonyl (C=O) groups is 1. The number of benzene rings is 1. The first-order valence-corrected chi connectivity index (χ1v) is 8.55. The van der Waals surface area contributed by atoms with Crippen molar-refractivity contribution in [1.82, 2.24) is 10.2 Å². The fourth-order valence-electron chi connectivity index (χ4n) is 3.57. The molecule has 0 aromatic heterocycles. The molecule has 1 aliphatic heterocycles. The third kappa shape index (κ3) is 3.98. The first-order chi connectivity index (χ1) is 10.8. The normalized spacial score (nSPS) is 22.8. The number of hydrogen-bond acceptors (Lipinski definition) is 2. The Hall–Kier alpha value is -1.61. The van der Waals surface area contributed by atoms with Gasteiger partial charge in [0.15, 0.2) is 0 Å². The maximum Gasteiger partial charge on any atom is 0.220 e. The predicted molar refractivity (Wildman–Crippen MR) is 89.5 cm³/mol. The maximum absolute atomic E-state index is 12.2. The summed E-state index contributed by atoms with van der Waals surface area (Å²) in [5.41, 5.74) is 1.31. The molecule has 0 bridgehead atoms. The number of allylic oxidation sites excluding steroid dienone is 2. The molecule has 1 aromatic carbocycles. The van der Waals surface area contributed by atoms with E-state index in [1.807, 2.05) is 0 Å². The summed E-state index contributed by atoms with van der Waals surface area (Å²) in [6, 6.07) is 10.9. The first-order valence-electron chi connectivity index (χ1n) is 8.55. The van der Waals surface area contributed by atoms with Crippen molar-refractivity contribution < 1.29 is 4.79 Å². The summed E-state index contributed by atoms with van der Waals surface area (Å²) in [5.74, 6) is 0.638. The Morgan fingerprint density at radius 3 is 2.68 bits per heavy atom. The van der Waals surface area contributed by atoms with Gasteiger partial charge >= 0.3 is 0 Å². The van der Waals surface area contributed by atoms with Crippen LogP contribution in [-0.4, -0.2) is 30.4 Å². The Morgan fingerprint density at radius 1 is 1.23 bits per heavy atom. The maximum atomic E-state index is 12.2. The van der Waals surface area contributed by atoms with Crippen LogP contribution in [0.15, 0.2) is 42.5 Å². The van der Waals surface area contributed by atoms with Gasteiger partial charge in [-0.25, -0.2) is 0 Å². The zero-order valence-corrected chi connectivity index (χ0v) is 13.2. The van der Waals surface area contributed by atoms with Crippen molar-refractivity contribution in [2.45, 2.75) is 38.1 Å². The molecule has 0 radical (unpaired) electrons. The summed E-state index contributed by atoms with van der Waals surface area (Å²) in [6.07, 6.45) is 9.80. The van der Waals surface area contributed by atoms with Gasteiger partial charge in [0.2, 0.25) is 5.91 Å². The molecule has 3 heteroatoms. The second kappa shape index (κ2) is 7.59. The number of likely N-dealkylation sites (tertiary alicyclic amines) is 1. The lowest BCUT2D eigenvalue weighted by molar-refractivity contribution is -0.121. The number of carbonyl (C=O) groups excluding carboxylic acids is 1.